The molecule has 1 aliphatic rings. The van der Waals surface area contributed by atoms with Crippen LogP contribution in [0.2, 0.25) is 0 Å². The molecule has 0 unspecified atom stereocenters. The molecule has 1 atom stereocenters. The lowest BCUT2D eigenvalue weighted by atomic mass is 10.2. The van der Waals surface area contributed by atoms with E-state index in [9.17, 15) is 4.79 Å². The lowest BCUT2D eigenvalue weighted by molar-refractivity contribution is -0.116. The van der Waals surface area contributed by atoms with E-state index in [2.05, 4.69) is 16.7 Å². The van der Waals surface area contributed by atoms with Crippen LogP contribution in [0, 0.1) is 0 Å². The maximum absolute atomic E-state index is 12.6. The van der Waals surface area contributed by atoms with Gasteiger partial charge in [-0.05, 0) is 43.3 Å². The maximum atomic E-state index is 12.6. The number of para-hydroxylation sites is 1. The summed E-state index contributed by atoms with van der Waals surface area (Å²) in [5, 5.41) is 7.13. The summed E-state index contributed by atoms with van der Waals surface area (Å²) in [6.45, 7) is 2.03. The Morgan fingerprint density at radius 3 is 2.77 bits per heavy atom. The lowest BCUT2D eigenvalue weighted by Gasteiger charge is -2.16. The van der Waals surface area contributed by atoms with E-state index in [4.69, 9.17) is 14.5 Å². The monoisotopic (exact) mass is 417 g/mol. The number of ether oxygens (including phenoxy) is 2. The molecule has 0 aliphatic carbocycles. The summed E-state index contributed by atoms with van der Waals surface area (Å²) in [5.41, 5.74) is 3.54. The third-order valence-electron chi connectivity index (χ3n) is 4.82. The Balaban J connectivity index is 1.29. The maximum Gasteiger partial charge on any atom is 0.246 e. The number of anilines is 2. The van der Waals surface area contributed by atoms with Gasteiger partial charge in [0.25, 0.3) is 0 Å². The first kappa shape index (κ1) is 18.4. The van der Waals surface area contributed by atoms with Crippen LogP contribution in [-0.4, -0.2) is 23.7 Å². The summed E-state index contributed by atoms with van der Waals surface area (Å²) >= 11 is 1.66. The summed E-state index contributed by atoms with van der Waals surface area (Å²) in [7, 11) is 0. The zero-order chi connectivity index (χ0) is 20.5. The number of nitrogens with one attached hydrogen (secondary N) is 2. The number of hydrogen-bond donors (Lipinski definition) is 2. The number of hydrogen-bond acceptors (Lipinski definition) is 6. The van der Waals surface area contributed by atoms with Crippen molar-refractivity contribution in [2.75, 3.05) is 17.4 Å². The highest BCUT2D eigenvalue weighted by Crippen LogP contribution is 2.34. The molecule has 5 rings (SSSR count). The van der Waals surface area contributed by atoms with E-state index in [1.807, 2.05) is 49.4 Å². The zero-order valence-electron chi connectivity index (χ0n) is 16.2. The fourth-order valence-electron chi connectivity index (χ4n) is 3.28. The van der Waals surface area contributed by atoms with E-state index in [1.54, 1.807) is 29.5 Å². The predicted molar refractivity (Wildman–Crippen MR) is 119 cm³/mol. The van der Waals surface area contributed by atoms with Crippen LogP contribution in [0.25, 0.3) is 20.8 Å². The van der Waals surface area contributed by atoms with Crippen LogP contribution < -0.4 is 20.1 Å². The highest BCUT2D eigenvalue weighted by molar-refractivity contribution is 7.21. The Hall–Kier alpha value is -3.58. The molecule has 0 bridgehead atoms. The molecule has 6 nitrogen and oxygen atoms in total. The van der Waals surface area contributed by atoms with Crippen molar-refractivity contribution in [3.63, 3.8) is 0 Å². The van der Waals surface area contributed by atoms with Gasteiger partial charge >= 0.3 is 0 Å². The molecular formula is C23H19N3O3S. The molecule has 2 N–H and O–H groups in total. The summed E-state index contributed by atoms with van der Waals surface area (Å²) in [6.07, 6.45) is 0. The molecule has 30 heavy (non-hydrogen) atoms. The fourth-order valence-corrected chi connectivity index (χ4v) is 4.24. The van der Waals surface area contributed by atoms with Crippen LogP contribution in [0.4, 0.5) is 11.4 Å². The van der Waals surface area contributed by atoms with Crippen molar-refractivity contribution in [1.29, 1.82) is 0 Å². The quantitative estimate of drug-likeness (QED) is 0.471. The van der Waals surface area contributed by atoms with Crippen molar-refractivity contribution in [2.45, 2.75) is 13.0 Å². The zero-order valence-corrected chi connectivity index (χ0v) is 17.0. The molecule has 0 spiro atoms. The van der Waals surface area contributed by atoms with Gasteiger partial charge in [0, 0.05) is 23.0 Å². The number of carbonyl (C=O) groups excluding carboxylic acids is 1. The van der Waals surface area contributed by atoms with Crippen LogP contribution in [0.1, 0.15) is 6.92 Å². The fraction of sp³-hybridized carbons (Fsp3) is 0.130. The van der Waals surface area contributed by atoms with E-state index >= 15 is 0 Å². The Morgan fingerprint density at radius 1 is 1.00 bits per heavy atom. The minimum Gasteiger partial charge on any atom is -0.454 e. The topological polar surface area (TPSA) is 72.5 Å². The standard InChI is InChI=1S/C23H19N3O3S/c1-14(22(27)25-17-9-10-19-20(12-17)29-13-28-19)24-16-6-4-5-15(11-16)23-26-18-7-2-3-8-21(18)30-23/h2-12,14,24H,13H2,1H3,(H,25,27)/t14-/m1/s1. The van der Waals surface area contributed by atoms with Crippen molar-refractivity contribution in [2.24, 2.45) is 0 Å². The highest BCUT2D eigenvalue weighted by atomic mass is 32.1. The first-order valence-electron chi connectivity index (χ1n) is 9.59. The van der Waals surface area contributed by atoms with Crippen LogP contribution in [0.15, 0.2) is 66.7 Å². The number of amides is 1. The van der Waals surface area contributed by atoms with Crippen LogP contribution in [-0.2, 0) is 4.79 Å². The Morgan fingerprint density at radius 2 is 1.87 bits per heavy atom. The van der Waals surface area contributed by atoms with Crippen molar-refractivity contribution in [3.05, 3.63) is 66.7 Å². The van der Waals surface area contributed by atoms with Crippen LogP contribution >= 0.6 is 11.3 Å². The van der Waals surface area contributed by atoms with Crippen LogP contribution in [0.3, 0.4) is 0 Å². The average Bonchev–Trinajstić information content (AvgIpc) is 3.40. The van der Waals surface area contributed by atoms with Gasteiger partial charge in [0.2, 0.25) is 12.7 Å². The molecule has 150 valence electrons. The van der Waals surface area contributed by atoms with E-state index in [1.165, 1.54) is 0 Å². The van der Waals surface area contributed by atoms with E-state index in [0.717, 1.165) is 26.5 Å². The van der Waals surface area contributed by atoms with Gasteiger partial charge in [-0.2, -0.15) is 0 Å². The summed E-state index contributed by atoms with van der Waals surface area (Å²) in [5.74, 6) is 1.18. The Kier molecular flexibility index (Phi) is 4.72. The normalized spacial score (nSPS) is 13.2. The van der Waals surface area contributed by atoms with E-state index in [0.29, 0.717) is 17.2 Å². The molecule has 4 aromatic rings. The number of benzene rings is 3. The van der Waals surface area contributed by atoms with Crippen molar-refractivity contribution >= 4 is 38.8 Å². The summed E-state index contributed by atoms with van der Waals surface area (Å²) in [6, 6.07) is 21.0. The molecule has 0 radical (unpaired) electrons. The van der Waals surface area contributed by atoms with Gasteiger partial charge in [0.15, 0.2) is 11.5 Å². The largest absolute Gasteiger partial charge is 0.454 e. The number of aromatic nitrogens is 1. The molecule has 7 heteroatoms. The second kappa shape index (κ2) is 7.68. The second-order valence-corrected chi connectivity index (χ2v) is 8.02. The third-order valence-corrected chi connectivity index (χ3v) is 5.91. The van der Waals surface area contributed by atoms with Crippen molar-refractivity contribution in [3.8, 4) is 22.1 Å². The number of nitrogens with zero attached hydrogens (tertiary/aromatic N) is 1. The van der Waals surface area contributed by atoms with Gasteiger partial charge in [-0.25, -0.2) is 4.98 Å². The average molecular weight is 417 g/mol. The minimum absolute atomic E-state index is 0.140. The van der Waals surface area contributed by atoms with Gasteiger partial charge in [0.1, 0.15) is 11.0 Å². The van der Waals surface area contributed by atoms with Gasteiger partial charge in [0.05, 0.1) is 10.2 Å². The summed E-state index contributed by atoms with van der Waals surface area (Å²) < 4.78 is 11.8. The smallest absolute Gasteiger partial charge is 0.246 e. The molecular weight excluding hydrogens is 398 g/mol. The molecule has 3 aromatic carbocycles. The van der Waals surface area contributed by atoms with Gasteiger partial charge in [-0.1, -0.05) is 24.3 Å². The van der Waals surface area contributed by atoms with Crippen molar-refractivity contribution < 1.29 is 14.3 Å². The molecule has 1 aliphatic heterocycles. The number of thiazole rings is 1. The molecule has 2 heterocycles. The van der Waals surface area contributed by atoms with E-state index < -0.39 is 6.04 Å². The van der Waals surface area contributed by atoms with Gasteiger partial charge < -0.3 is 20.1 Å². The Bertz CT molecular complexity index is 1200. The molecule has 1 amide bonds. The first-order valence-corrected chi connectivity index (χ1v) is 10.4. The first-order chi connectivity index (χ1) is 14.7. The number of rotatable bonds is 5. The molecule has 0 fully saturated rings. The lowest BCUT2D eigenvalue weighted by Crippen LogP contribution is -2.31. The highest BCUT2D eigenvalue weighted by Gasteiger charge is 2.17. The molecule has 0 saturated heterocycles. The SMILES string of the molecule is C[C@@H](Nc1cccc(-c2nc3ccccc3s2)c1)C(=O)Nc1ccc2c(c1)OCO2. The second-order valence-electron chi connectivity index (χ2n) is 6.99. The summed E-state index contributed by atoms with van der Waals surface area (Å²) in [4.78, 5) is 17.3. The van der Waals surface area contributed by atoms with Crippen LogP contribution in [0.5, 0.6) is 11.5 Å². The molecule has 1 aromatic heterocycles. The predicted octanol–water partition coefficient (Wildman–Crippen LogP) is 5.13. The van der Waals surface area contributed by atoms with Crippen molar-refractivity contribution in [1.82, 2.24) is 4.98 Å². The van der Waals surface area contributed by atoms with Gasteiger partial charge in [-0.3, -0.25) is 4.79 Å². The minimum atomic E-state index is -0.430. The molecule has 0 saturated carbocycles. The Labute approximate surface area is 177 Å². The number of fused-ring (bicyclic) bond motifs is 2. The van der Waals surface area contributed by atoms with E-state index in [-0.39, 0.29) is 12.7 Å². The third kappa shape index (κ3) is 3.67. The number of carbonyl (C=O) groups is 1. The van der Waals surface area contributed by atoms with Gasteiger partial charge in [-0.15, -0.1) is 11.3 Å².